The molecule has 0 atom stereocenters. The summed E-state index contributed by atoms with van der Waals surface area (Å²) in [6.45, 7) is 1.87. The molecule has 3 N–H and O–H groups in total. The van der Waals surface area contributed by atoms with Crippen LogP contribution < -0.4 is 0 Å². The average molecular weight is 166 g/mol. The normalized spacial score (nSPS) is 9.58. The molecule has 12 heavy (non-hydrogen) atoms. The Bertz CT molecular complexity index is 297. The smallest absolute Gasteiger partial charge is 0.183 e. The zero-order valence-corrected chi connectivity index (χ0v) is 6.65. The second kappa shape index (κ2) is 3.34. The van der Waals surface area contributed by atoms with Gasteiger partial charge in [0.15, 0.2) is 5.84 Å². The van der Waals surface area contributed by atoms with E-state index >= 15 is 0 Å². The molecule has 0 aliphatic rings. The molecular weight excluding hydrogens is 156 g/mol. The highest BCUT2D eigenvalue weighted by molar-refractivity contribution is 5.94. The van der Waals surface area contributed by atoms with Gasteiger partial charge in [-0.15, -0.1) is 5.23 Å². The standard InChI is InChI=1S/C8H10N2O2/c1-6-3-2-4-7(5-6)8(9)10(11)12/h2-5,9,11-12H,1H3. The van der Waals surface area contributed by atoms with Gasteiger partial charge in [-0.1, -0.05) is 23.8 Å². The summed E-state index contributed by atoms with van der Waals surface area (Å²) in [6.07, 6.45) is 0. The number of rotatable bonds is 1. The zero-order chi connectivity index (χ0) is 9.14. The molecule has 1 rings (SSSR count). The van der Waals surface area contributed by atoms with Gasteiger partial charge in [0.05, 0.1) is 0 Å². The van der Waals surface area contributed by atoms with Crippen molar-refractivity contribution >= 4 is 5.84 Å². The fourth-order valence-corrected chi connectivity index (χ4v) is 0.908. The zero-order valence-electron chi connectivity index (χ0n) is 6.65. The first-order valence-corrected chi connectivity index (χ1v) is 3.44. The summed E-state index contributed by atoms with van der Waals surface area (Å²) in [5, 5.41) is 24.1. The summed E-state index contributed by atoms with van der Waals surface area (Å²) < 4.78 is 0. The third kappa shape index (κ3) is 1.81. The second-order valence-electron chi connectivity index (χ2n) is 2.51. The summed E-state index contributed by atoms with van der Waals surface area (Å²) in [5.74, 6) is -0.335. The summed E-state index contributed by atoms with van der Waals surface area (Å²) in [4.78, 5) is 0. The number of benzene rings is 1. The number of nitrogens with zero attached hydrogens (tertiary/aromatic N) is 1. The molecule has 0 fully saturated rings. The van der Waals surface area contributed by atoms with Crippen molar-refractivity contribution in [1.29, 1.82) is 5.41 Å². The van der Waals surface area contributed by atoms with Crippen LogP contribution in [0.25, 0.3) is 0 Å². The Balaban J connectivity index is 2.96. The topological polar surface area (TPSA) is 67.6 Å². The number of amidine groups is 1. The van der Waals surface area contributed by atoms with Crippen LogP contribution in [-0.4, -0.2) is 21.5 Å². The minimum Gasteiger partial charge on any atom is -0.280 e. The van der Waals surface area contributed by atoms with Crippen molar-refractivity contribution in [1.82, 2.24) is 5.23 Å². The summed E-state index contributed by atoms with van der Waals surface area (Å²) in [5.41, 5.74) is 1.44. The molecule has 0 amide bonds. The molecule has 64 valence electrons. The van der Waals surface area contributed by atoms with Crippen molar-refractivity contribution in [2.24, 2.45) is 0 Å². The van der Waals surface area contributed by atoms with Gasteiger partial charge in [0.25, 0.3) is 0 Å². The molecule has 0 aromatic heterocycles. The van der Waals surface area contributed by atoms with Gasteiger partial charge in [-0.25, -0.2) is 0 Å². The third-order valence-corrected chi connectivity index (χ3v) is 1.49. The van der Waals surface area contributed by atoms with Crippen molar-refractivity contribution in [2.45, 2.75) is 6.92 Å². The third-order valence-electron chi connectivity index (χ3n) is 1.49. The van der Waals surface area contributed by atoms with E-state index in [0.717, 1.165) is 5.56 Å². The van der Waals surface area contributed by atoms with Crippen LogP contribution in [0.4, 0.5) is 0 Å². The lowest BCUT2D eigenvalue weighted by Crippen LogP contribution is -2.23. The van der Waals surface area contributed by atoms with Gasteiger partial charge in [0, 0.05) is 5.56 Å². The van der Waals surface area contributed by atoms with Crippen LogP contribution >= 0.6 is 0 Å². The quantitative estimate of drug-likeness (QED) is 0.335. The van der Waals surface area contributed by atoms with Gasteiger partial charge in [-0.3, -0.25) is 15.8 Å². The van der Waals surface area contributed by atoms with E-state index in [4.69, 9.17) is 15.8 Å². The van der Waals surface area contributed by atoms with Gasteiger partial charge in [0.1, 0.15) is 0 Å². The summed E-state index contributed by atoms with van der Waals surface area (Å²) in [7, 11) is 0. The van der Waals surface area contributed by atoms with Crippen LogP contribution in [0, 0.1) is 12.3 Å². The molecular formula is C8H10N2O2. The molecule has 0 bridgehead atoms. The molecule has 4 nitrogen and oxygen atoms in total. The minimum absolute atomic E-state index is 0.200. The lowest BCUT2D eigenvalue weighted by Gasteiger charge is -2.08. The van der Waals surface area contributed by atoms with Crippen molar-refractivity contribution in [3.63, 3.8) is 0 Å². The van der Waals surface area contributed by atoms with E-state index in [9.17, 15) is 0 Å². The summed E-state index contributed by atoms with van der Waals surface area (Å²) in [6, 6.07) is 6.95. The van der Waals surface area contributed by atoms with E-state index in [2.05, 4.69) is 0 Å². The maximum atomic E-state index is 8.53. The molecule has 0 saturated heterocycles. The molecule has 0 aliphatic heterocycles. The molecule has 1 aromatic rings. The number of hydrogen-bond acceptors (Lipinski definition) is 3. The molecule has 1 aromatic carbocycles. The molecule has 0 saturated carbocycles. The van der Waals surface area contributed by atoms with E-state index in [0.29, 0.717) is 5.56 Å². The minimum atomic E-state index is -0.335. The molecule has 0 unspecified atom stereocenters. The first-order valence-electron chi connectivity index (χ1n) is 3.44. The number of hydrogen-bond donors (Lipinski definition) is 3. The van der Waals surface area contributed by atoms with Gasteiger partial charge >= 0.3 is 0 Å². The Labute approximate surface area is 70.1 Å². The Hall–Kier alpha value is -1.39. The van der Waals surface area contributed by atoms with Crippen molar-refractivity contribution in [2.75, 3.05) is 0 Å². The molecule has 0 spiro atoms. The second-order valence-corrected chi connectivity index (χ2v) is 2.51. The van der Waals surface area contributed by atoms with Crippen LogP contribution in [0.5, 0.6) is 0 Å². The van der Waals surface area contributed by atoms with Crippen LogP contribution in [0.15, 0.2) is 24.3 Å². The van der Waals surface area contributed by atoms with Crippen LogP contribution in [-0.2, 0) is 0 Å². The van der Waals surface area contributed by atoms with Crippen LogP contribution in [0.3, 0.4) is 0 Å². The maximum absolute atomic E-state index is 8.53. The predicted molar refractivity (Wildman–Crippen MR) is 43.4 cm³/mol. The van der Waals surface area contributed by atoms with E-state index in [1.54, 1.807) is 18.2 Å². The lowest BCUT2D eigenvalue weighted by atomic mass is 10.1. The largest absolute Gasteiger partial charge is 0.280 e. The number of hydroxylamine groups is 2. The van der Waals surface area contributed by atoms with Gasteiger partial charge in [0.2, 0.25) is 0 Å². The average Bonchev–Trinajstić information content (AvgIpc) is 2.03. The van der Waals surface area contributed by atoms with Gasteiger partial charge in [-0.2, -0.15) is 0 Å². The number of aryl methyl sites for hydroxylation is 1. The Morgan fingerprint density at radius 3 is 2.58 bits per heavy atom. The highest BCUT2D eigenvalue weighted by Gasteiger charge is 2.05. The SMILES string of the molecule is Cc1cccc(C(=N)N(O)O)c1. The molecule has 0 radical (unpaired) electrons. The Kier molecular flexibility index (Phi) is 2.42. The van der Waals surface area contributed by atoms with E-state index in [1.165, 1.54) is 0 Å². The Morgan fingerprint density at radius 2 is 2.08 bits per heavy atom. The van der Waals surface area contributed by atoms with Crippen molar-refractivity contribution < 1.29 is 10.4 Å². The van der Waals surface area contributed by atoms with Crippen LogP contribution in [0.1, 0.15) is 11.1 Å². The molecule has 0 aliphatic carbocycles. The van der Waals surface area contributed by atoms with E-state index < -0.39 is 0 Å². The first kappa shape index (κ1) is 8.70. The monoisotopic (exact) mass is 166 g/mol. The fourth-order valence-electron chi connectivity index (χ4n) is 0.908. The van der Waals surface area contributed by atoms with E-state index in [-0.39, 0.29) is 11.1 Å². The molecule has 4 heteroatoms. The fraction of sp³-hybridized carbons (Fsp3) is 0.125. The van der Waals surface area contributed by atoms with Gasteiger partial charge in [-0.05, 0) is 13.0 Å². The molecule has 0 heterocycles. The van der Waals surface area contributed by atoms with Gasteiger partial charge < -0.3 is 0 Å². The first-order chi connectivity index (χ1) is 5.61. The Morgan fingerprint density at radius 1 is 1.42 bits per heavy atom. The number of nitrogens with one attached hydrogen (secondary N) is 1. The highest BCUT2D eigenvalue weighted by Crippen LogP contribution is 2.05. The highest BCUT2D eigenvalue weighted by atomic mass is 16.8. The van der Waals surface area contributed by atoms with E-state index in [1.807, 2.05) is 13.0 Å². The van der Waals surface area contributed by atoms with Crippen molar-refractivity contribution in [3.8, 4) is 0 Å². The van der Waals surface area contributed by atoms with Crippen molar-refractivity contribution in [3.05, 3.63) is 35.4 Å². The lowest BCUT2D eigenvalue weighted by molar-refractivity contribution is -0.244. The maximum Gasteiger partial charge on any atom is 0.183 e. The predicted octanol–water partition coefficient (Wildman–Crippen LogP) is 1.40. The summed E-state index contributed by atoms with van der Waals surface area (Å²) >= 11 is 0. The van der Waals surface area contributed by atoms with Crippen LogP contribution in [0.2, 0.25) is 0 Å².